The Hall–Kier alpha value is -1.58. The summed E-state index contributed by atoms with van der Waals surface area (Å²) >= 11 is 0. The number of methoxy groups -OCH3 is 1. The Balaban J connectivity index is 3.19. The van der Waals surface area contributed by atoms with Crippen LogP contribution in [-0.2, 0) is 4.79 Å². The van der Waals surface area contributed by atoms with Gasteiger partial charge in [0, 0.05) is 0 Å². The lowest BCUT2D eigenvalue weighted by molar-refractivity contribution is -0.138. The molecule has 1 aromatic carbocycles. The lowest BCUT2D eigenvalue weighted by atomic mass is 9.99. The molecule has 1 atom stereocenters. The summed E-state index contributed by atoms with van der Waals surface area (Å²) in [6.07, 6.45) is 0. The molecule has 0 aliphatic rings. The monoisotopic (exact) mass is 212 g/mol. The molecule has 82 valence electrons. The number of rotatable bonds is 3. The predicted octanol–water partition coefficient (Wildman–Crippen LogP) is 2.33. The van der Waals surface area contributed by atoms with Gasteiger partial charge in [0.15, 0.2) is 11.6 Å². The van der Waals surface area contributed by atoms with E-state index in [4.69, 9.17) is 9.84 Å². The van der Waals surface area contributed by atoms with E-state index in [0.29, 0.717) is 11.1 Å². The number of benzene rings is 1. The number of carboxylic acids is 1. The average Bonchev–Trinajstić information content (AvgIpc) is 2.15. The van der Waals surface area contributed by atoms with Gasteiger partial charge in [0.2, 0.25) is 0 Å². The first kappa shape index (κ1) is 11.5. The summed E-state index contributed by atoms with van der Waals surface area (Å²) in [6.45, 7) is 3.20. The average molecular weight is 212 g/mol. The minimum Gasteiger partial charge on any atom is -0.493 e. The van der Waals surface area contributed by atoms with Gasteiger partial charge in [-0.3, -0.25) is 4.79 Å². The maximum absolute atomic E-state index is 13.4. The van der Waals surface area contributed by atoms with Gasteiger partial charge in [0.1, 0.15) is 0 Å². The van der Waals surface area contributed by atoms with E-state index in [-0.39, 0.29) is 5.75 Å². The van der Waals surface area contributed by atoms with Gasteiger partial charge < -0.3 is 9.84 Å². The molecule has 0 aromatic heterocycles. The first-order valence-electron chi connectivity index (χ1n) is 4.54. The fraction of sp³-hybridized carbons (Fsp3) is 0.364. The van der Waals surface area contributed by atoms with E-state index in [0.717, 1.165) is 0 Å². The molecule has 0 saturated carbocycles. The van der Waals surface area contributed by atoms with Crippen LogP contribution in [0, 0.1) is 12.7 Å². The van der Waals surface area contributed by atoms with E-state index in [2.05, 4.69) is 0 Å². The molecular weight excluding hydrogens is 199 g/mol. The Bertz CT molecular complexity index is 364. The van der Waals surface area contributed by atoms with Crippen LogP contribution in [0.3, 0.4) is 0 Å². The summed E-state index contributed by atoms with van der Waals surface area (Å²) in [4.78, 5) is 10.7. The van der Waals surface area contributed by atoms with Crippen molar-refractivity contribution in [1.82, 2.24) is 0 Å². The van der Waals surface area contributed by atoms with Crippen molar-refractivity contribution in [3.63, 3.8) is 0 Å². The third-order valence-corrected chi connectivity index (χ3v) is 2.33. The molecule has 0 amide bonds. The Kier molecular flexibility index (Phi) is 3.29. The molecule has 15 heavy (non-hydrogen) atoms. The maximum Gasteiger partial charge on any atom is 0.310 e. The standard InChI is InChI=1S/C11H13FO3/c1-6-4-8(7(2)11(13)14)5-9(12)10(6)15-3/h4-5,7H,1-3H3,(H,13,14). The predicted molar refractivity (Wildman–Crippen MR) is 53.7 cm³/mol. The molecule has 0 spiro atoms. The second kappa shape index (κ2) is 4.29. The van der Waals surface area contributed by atoms with Crippen LogP contribution in [0.1, 0.15) is 24.0 Å². The topological polar surface area (TPSA) is 46.5 Å². The quantitative estimate of drug-likeness (QED) is 0.836. The molecule has 1 N–H and O–H groups in total. The first-order valence-corrected chi connectivity index (χ1v) is 4.54. The molecule has 0 fully saturated rings. The Labute approximate surface area is 87.5 Å². The fourth-order valence-electron chi connectivity index (χ4n) is 1.41. The maximum atomic E-state index is 13.4. The lowest BCUT2D eigenvalue weighted by Crippen LogP contribution is -2.08. The normalized spacial score (nSPS) is 12.3. The van der Waals surface area contributed by atoms with Crippen LogP contribution >= 0.6 is 0 Å². The first-order chi connectivity index (χ1) is 6.97. The van der Waals surface area contributed by atoms with Crippen molar-refractivity contribution in [3.8, 4) is 5.75 Å². The number of aryl methyl sites for hydroxylation is 1. The fourth-order valence-corrected chi connectivity index (χ4v) is 1.41. The molecule has 0 saturated heterocycles. The van der Waals surface area contributed by atoms with Gasteiger partial charge in [-0.2, -0.15) is 0 Å². The van der Waals surface area contributed by atoms with Gasteiger partial charge >= 0.3 is 5.97 Å². The molecule has 1 aromatic rings. The number of hydrogen-bond acceptors (Lipinski definition) is 2. The van der Waals surface area contributed by atoms with Crippen molar-refractivity contribution >= 4 is 5.97 Å². The second-order valence-electron chi connectivity index (χ2n) is 3.41. The van der Waals surface area contributed by atoms with Crippen molar-refractivity contribution < 1.29 is 19.0 Å². The van der Waals surface area contributed by atoms with Gasteiger partial charge in [-0.1, -0.05) is 6.07 Å². The Morgan fingerprint density at radius 1 is 1.53 bits per heavy atom. The highest BCUT2D eigenvalue weighted by Crippen LogP contribution is 2.27. The van der Waals surface area contributed by atoms with E-state index in [1.807, 2.05) is 0 Å². The second-order valence-corrected chi connectivity index (χ2v) is 3.41. The van der Waals surface area contributed by atoms with Crippen molar-refractivity contribution in [2.75, 3.05) is 7.11 Å². The summed E-state index contributed by atoms with van der Waals surface area (Å²) in [7, 11) is 1.38. The minimum absolute atomic E-state index is 0.163. The van der Waals surface area contributed by atoms with Crippen LogP contribution in [-0.4, -0.2) is 18.2 Å². The van der Waals surface area contributed by atoms with Crippen molar-refractivity contribution in [2.45, 2.75) is 19.8 Å². The zero-order chi connectivity index (χ0) is 11.6. The van der Waals surface area contributed by atoms with Gasteiger partial charge in [-0.15, -0.1) is 0 Å². The van der Waals surface area contributed by atoms with Crippen LogP contribution in [0.5, 0.6) is 5.75 Å². The molecule has 0 bridgehead atoms. The van der Waals surface area contributed by atoms with E-state index in [1.165, 1.54) is 20.1 Å². The van der Waals surface area contributed by atoms with Crippen LogP contribution < -0.4 is 4.74 Å². The van der Waals surface area contributed by atoms with Crippen LogP contribution in [0.2, 0.25) is 0 Å². The molecule has 1 rings (SSSR count). The van der Waals surface area contributed by atoms with Crippen LogP contribution in [0.4, 0.5) is 4.39 Å². The lowest BCUT2D eigenvalue weighted by Gasteiger charge is -2.11. The van der Waals surface area contributed by atoms with Crippen molar-refractivity contribution in [2.24, 2.45) is 0 Å². The van der Waals surface area contributed by atoms with E-state index in [9.17, 15) is 9.18 Å². The summed E-state index contributed by atoms with van der Waals surface area (Å²) in [5, 5.41) is 8.79. The summed E-state index contributed by atoms with van der Waals surface area (Å²) in [5.74, 6) is -2.06. The number of ether oxygens (including phenoxy) is 1. The third kappa shape index (κ3) is 2.26. The molecule has 4 heteroatoms. The number of aliphatic carboxylic acids is 1. The van der Waals surface area contributed by atoms with Crippen molar-refractivity contribution in [3.05, 3.63) is 29.1 Å². The molecular formula is C11H13FO3. The van der Waals surface area contributed by atoms with E-state index in [1.54, 1.807) is 13.0 Å². The zero-order valence-corrected chi connectivity index (χ0v) is 8.87. The molecule has 0 heterocycles. The molecule has 0 radical (unpaired) electrons. The number of carboxylic acid groups (broad SMARTS) is 1. The van der Waals surface area contributed by atoms with E-state index < -0.39 is 17.7 Å². The molecule has 1 unspecified atom stereocenters. The third-order valence-electron chi connectivity index (χ3n) is 2.33. The molecule has 0 aliphatic carbocycles. The van der Waals surface area contributed by atoms with E-state index >= 15 is 0 Å². The largest absolute Gasteiger partial charge is 0.493 e. The number of halogens is 1. The summed E-state index contributed by atoms with van der Waals surface area (Å²) < 4.78 is 18.3. The number of carbonyl (C=O) groups is 1. The van der Waals surface area contributed by atoms with Crippen molar-refractivity contribution in [1.29, 1.82) is 0 Å². The highest BCUT2D eigenvalue weighted by molar-refractivity contribution is 5.75. The number of hydrogen-bond donors (Lipinski definition) is 1. The van der Waals surface area contributed by atoms with Gasteiger partial charge in [0.25, 0.3) is 0 Å². The SMILES string of the molecule is COc1c(C)cc(C(C)C(=O)O)cc1F. The minimum atomic E-state index is -0.973. The smallest absolute Gasteiger partial charge is 0.310 e. The van der Waals surface area contributed by atoms with Gasteiger partial charge in [-0.05, 0) is 31.0 Å². The van der Waals surface area contributed by atoms with Crippen LogP contribution in [0.25, 0.3) is 0 Å². The zero-order valence-electron chi connectivity index (χ0n) is 8.87. The Morgan fingerprint density at radius 3 is 2.53 bits per heavy atom. The molecule has 3 nitrogen and oxygen atoms in total. The summed E-state index contributed by atoms with van der Waals surface area (Å²) in [5.41, 5.74) is 1.04. The Morgan fingerprint density at radius 2 is 2.13 bits per heavy atom. The van der Waals surface area contributed by atoms with Gasteiger partial charge in [0.05, 0.1) is 13.0 Å². The molecule has 0 aliphatic heterocycles. The highest BCUT2D eigenvalue weighted by atomic mass is 19.1. The highest BCUT2D eigenvalue weighted by Gasteiger charge is 2.17. The summed E-state index contributed by atoms with van der Waals surface area (Å²) in [6, 6.07) is 2.82. The van der Waals surface area contributed by atoms with Gasteiger partial charge in [-0.25, -0.2) is 4.39 Å². The van der Waals surface area contributed by atoms with Crippen LogP contribution in [0.15, 0.2) is 12.1 Å².